The van der Waals surface area contributed by atoms with Gasteiger partial charge in [-0.3, -0.25) is 4.90 Å². The first-order valence-corrected chi connectivity index (χ1v) is 7.23. The van der Waals surface area contributed by atoms with Crippen LogP contribution < -0.4 is 0 Å². The van der Waals surface area contributed by atoms with Crippen LogP contribution in [0, 0.1) is 0 Å². The van der Waals surface area contributed by atoms with E-state index in [1.54, 1.807) is 7.11 Å². The Morgan fingerprint density at radius 1 is 1.28 bits per heavy atom. The lowest BCUT2D eigenvalue weighted by molar-refractivity contribution is 0.0446. The molecule has 4 nitrogen and oxygen atoms in total. The van der Waals surface area contributed by atoms with Gasteiger partial charge in [0, 0.05) is 32.9 Å². The Kier molecular flexibility index (Phi) is 8.59. The molecule has 4 heteroatoms. The monoisotopic (exact) mass is 259 g/mol. The molecule has 0 radical (unpaired) electrons. The fraction of sp³-hybridized carbons (Fsp3) is 1.00. The minimum absolute atomic E-state index is 0.196. The van der Waals surface area contributed by atoms with E-state index < -0.39 is 0 Å². The predicted octanol–water partition coefficient (Wildman–Crippen LogP) is 1.66. The molecule has 0 saturated carbocycles. The van der Waals surface area contributed by atoms with Gasteiger partial charge in [0.15, 0.2) is 0 Å². The topological polar surface area (TPSA) is 41.9 Å². The first-order chi connectivity index (χ1) is 8.74. The summed E-state index contributed by atoms with van der Waals surface area (Å²) in [5.74, 6) is 0. The number of piperidine rings is 1. The van der Waals surface area contributed by atoms with Gasteiger partial charge in [0.2, 0.25) is 0 Å². The molecule has 1 aliphatic heterocycles. The zero-order valence-electron chi connectivity index (χ0n) is 11.9. The van der Waals surface area contributed by atoms with Crippen molar-refractivity contribution in [3.63, 3.8) is 0 Å². The van der Waals surface area contributed by atoms with E-state index in [0.29, 0.717) is 6.04 Å². The van der Waals surface area contributed by atoms with Crippen LogP contribution in [0.25, 0.3) is 0 Å². The number of nitrogens with zero attached hydrogens (tertiary/aromatic N) is 1. The molecule has 1 heterocycles. The van der Waals surface area contributed by atoms with Gasteiger partial charge < -0.3 is 14.6 Å². The van der Waals surface area contributed by atoms with Crippen molar-refractivity contribution in [1.29, 1.82) is 0 Å². The highest BCUT2D eigenvalue weighted by molar-refractivity contribution is 4.78. The predicted molar refractivity (Wildman–Crippen MR) is 72.8 cm³/mol. The highest BCUT2D eigenvalue weighted by atomic mass is 16.5. The molecule has 1 rings (SSSR count). The van der Waals surface area contributed by atoms with Crippen LogP contribution >= 0.6 is 0 Å². The van der Waals surface area contributed by atoms with Crippen molar-refractivity contribution >= 4 is 0 Å². The van der Waals surface area contributed by atoms with Crippen molar-refractivity contribution in [1.82, 2.24) is 4.90 Å². The Morgan fingerprint density at radius 2 is 2.11 bits per heavy atom. The third-order valence-electron chi connectivity index (χ3n) is 3.52. The Balaban J connectivity index is 2.13. The van der Waals surface area contributed by atoms with Crippen LogP contribution in [0.15, 0.2) is 0 Å². The van der Waals surface area contributed by atoms with Crippen LogP contribution in [0.5, 0.6) is 0 Å². The Morgan fingerprint density at radius 3 is 2.83 bits per heavy atom. The van der Waals surface area contributed by atoms with Gasteiger partial charge in [0.1, 0.15) is 0 Å². The first kappa shape index (κ1) is 15.9. The summed E-state index contributed by atoms with van der Waals surface area (Å²) in [4.78, 5) is 2.48. The minimum atomic E-state index is -0.196. The molecular weight excluding hydrogens is 230 g/mol. The zero-order chi connectivity index (χ0) is 13.2. The second-order valence-electron chi connectivity index (χ2n) is 5.23. The largest absolute Gasteiger partial charge is 0.393 e. The second-order valence-corrected chi connectivity index (χ2v) is 5.23. The lowest BCUT2D eigenvalue weighted by Crippen LogP contribution is -2.42. The Labute approximate surface area is 111 Å². The van der Waals surface area contributed by atoms with Gasteiger partial charge in [0.25, 0.3) is 0 Å². The molecule has 18 heavy (non-hydrogen) atoms. The van der Waals surface area contributed by atoms with Crippen LogP contribution in [0.3, 0.4) is 0 Å². The minimum Gasteiger partial charge on any atom is -0.393 e. The molecule has 0 spiro atoms. The molecule has 0 aromatic rings. The molecule has 108 valence electrons. The number of ether oxygens (including phenoxy) is 2. The van der Waals surface area contributed by atoms with Crippen LogP contribution in [-0.2, 0) is 9.47 Å². The molecule has 2 atom stereocenters. The van der Waals surface area contributed by atoms with Crippen LogP contribution in [0.1, 0.15) is 39.0 Å². The number of likely N-dealkylation sites (tertiary alicyclic amines) is 1. The maximum absolute atomic E-state index is 9.52. The summed E-state index contributed by atoms with van der Waals surface area (Å²) >= 11 is 0. The summed E-state index contributed by atoms with van der Waals surface area (Å²) in [6.07, 6.45) is 5.45. The van der Waals surface area contributed by atoms with Crippen molar-refractivity contribution in [2.24, 2.45) is 0 Å². The van der Waals surface area contributed by atoms with Crippen molar-refractivity contribution < 1.29 is 14.6 Å². The van der Waals surface area contributed by atoms with Crippen molar-refractivity contribution in [3.8, 4) is 0 Å². The third kappa shape index (κ3) is 6.69. The summed E-state index contributed by atoms with van der Waals surface area (Å²) in [5.41, 5.74) is 0. The van der Waals surface area contributed by atoms with Crippen LogP contribution in [0.4, 0.5) is 0 Å². The van der Waals surface area contributed by atoms with E-state index in [0.717, 1.165) is 45.8 Å². The van der Waals surface area contributed by atoms with E-state index in [9.17, 15) is 5.11 Å². The summed E-state index contributed by atoms with van der Waals surface area (Å²) in [5, 5.41) is 9.52. The number of hydrogen-bond donors (Lipinski definition) is 1. The van der Waals surface area contributed by atoms with E-state index in [-0.39, 0.29) is 6.10 Å². The van der Waals surface area contributed by atoms with Crippen LogP contribution in [0.2, 0.25) is 0 Å². The second kappa shape index (κ2) is 9.73. The molecular formula is C14H29NO3. The fourth-order valence-corrected chi connectivity index (χ4v) is 2.60. The van der Waals surface area contributed by atoms with Crippen molar-refractivity contribution in [2.45, 2.75) is 51.2 Å². The zero-order valence-corrected chi connectivity index (χ0v) is 11.9. The summed E-state index contributed by atoms with van der Waals surface area (Å²) < 4.78 is 10.6. The smallest absolute Gasteiger partial charge is 0.0593 e. The van der Waals surface area contributed by atoms with Crippen LogP contribution in [-0.4, -0.2) is 62.2 Å². The molecule has 1 fully saturated rings. The Bertz CT molecular complexity index is 199. The molecule has 1 saturated heterocycles. The van der Waals surface area contributed by atoms with Gasteiger partial charge >= 0.3 is 0 Å². The Hall–Kier alpha value is -0.160. The van der Waals surface area contributed by atoms with Gasteiger partial charge in [-0.1, -0.05) is 6.42 Å². The fourth-order valence-electron chi connectivity index (χ4n) is 2.60. The van der Waals surface area contributed by atoms with Gasteiger partial charge in [-0.25, -0.2) is 0 Å². The normalized spacial score (nSPS) is 23.2. The first-order valence-electron chi connectivity index (χ1n) is 7.23. The summed E-state index contributed by atoms with van der Waals surface area (Å²) in [7, 11) is 1.72. The van der Waals surface area contributed by atoms with Crippen molar-refractivity contribution in [3.05, 3.63) is 0 Å². The molecule has 0 bridgehead atoms. The number of methoxy groups -OCH3 is 1. The van der Waals surface area contributed by atoms with E-state index in [4.69, 9.17) is 9.47 Å². The van der Waals surface area contributed by atoms with E-state index in [1.165, 1.54) is 19.3 Å². The molecule has 1 N–H and O–H groups in total. The van der Waals surface area contributed by atoms with Crippen molar-refractivity contribution in [2.75, 3.05) is 40.0 Å². The van der Waals surface area contributed by atoms with E-state index in [2.05, 4.69) is 4.90 Å². The van der Waals surface area contributed by atoms with E-state index in [1.807, 2.05) is 6.92 Å². The van der Waals surface area contributed by atoms with Gasteiger partial charge in [-0.15, -0.1) is 0 Å². The average molecular weight is 259 g/mol. The molecule has 0 aliphatic carbocycles. The number of aliphatic hydroxyl groups excluding tert-OH is 1. The standard InChI is InChI=1S/C14H29NO3/c1-13(16)12-14-6-3-4-7-15(14)8-11-18-10-5-9-17-2/h13-14,16H,3-12H2,1-2H3. The quantitative estimate of drug-likeness (QED) is 0.640. The van der Waals surface area contributed by atoms with Gasteiger partial charge in [-0.2, -0.15) is 0 Å². The summed E-state index contributed by atoms with van der Waals surface area (Å²) in [6, 6.07) is 0.543. The number of aliphatic hydroxyl groups is 1. The third-order valence-corrected chi connectivity index (χ3v) is 3.52. The highest BCUT2D eigenvalue weighted by Crippen LogP contribution is 2.20. The lowest BCUT2D eigenvalue weighted by atomic mass is 9.97. The SMILES string of the molecule is COCCCOCCN1CCCCC1CC(C)O. The summed E-state index contributed by atoms with van der Waals surface area (Å²) in [6.45, 7) is 6.37. The average Bonchev–Trinajstić information content (AvgIpc) is 2.35. The van der Waals surface area contributed by atoms with Gasteiger partial charge in [0.05, 0.1) is 12.7 Å². The number of hydrogen-bond acceptors (Lipinski definition) is 4. The molecule has 0 aromatic carbocycles. The lowest BCUT2D eigenvalue weighted by Gasteiger charge is -2.36. The molecule has 0 aromatic heterocycles. The highest BCUT2D eigenvalue weighted by Gasteiger charge is 2.22. The van der Waals surface area contributed by atoms with E-state index >= 15 is 0 Å². The maximum atomic E-state index is 9.52. The number of rotatable bonds is 9. The molecule has 1 aliphatic rings. The molecule has 0 amide bonds. The van der Waals surface area contributed by atoms with Gasteiger partial charge in [-0.05, 0) is 39.2 Å². The molecule has 2 unspecified atom stereocenters. The maximum Gasteiger partial charge on any atom is 0.0593 e.